The van der Waals surface area contributed by atoms with E-state index in [9.17, 15) is 14.7 Å². The van der Waals surface area contributed by atoms with E-state index in [1.54, 1.807) is 35.6 Å². The van der Waals surface area contributed by atoms with Gasteiger partial charge in [-0.3, -0.25) is 18.9 Å². The smallest absolute Gasteiger partial charge is 0.295 e. The fourth-order valence-electron chi connectivity index (χ4n) is 5.08. The number of fused-ring (bicyclic) bond motifs is 1. The molecule has 3 aromatic rings. The predicted molar refractivity (Wildman–Crippen MR) is 134 cm³/mol. The number of morpholine rings is 1. The molecule has 0 aliphatic carbocycles. The molecule has 2 saturated heterocycles. The number of imidazole rings is 1. The van der Waals surface area contributed by atoms with Gasteiger partial charge in [0.15, 0.2) is 5.76 Å². The van der Waals surface area contributed by atoms with Gasteiger partial charge >= 0.3 is 0 Å². The first kappa shape index (κ1) is 24.0. The predicted octanol–water partition coefficient (Wildman–Crippen LogP) is 2.80. The number of amides is 1. The lowest BCUT2D eigenvalue weighted by Crippen LogP contribution is -2.38. The van der Waals surface area contributed by atoms with Gasteiger partial charge in [0.1, 0.15) is 17.1 Å². The first-order valence-electron chi connectivity index (χ1n) is 12.2. The topological polar surface area (TPSA) is 96.6 Å². The van der Waals surface area contributed by atoms with Crippen molar-refractivity contribution in [1.29, 1.82) is 0 Å². The Kier molecular flexibility index (Phi) is 6.75. The van der Waals surface area contributed by atoms with E-state index >= 15 is 0 Å². The molecule has 9 heteroatoms. The van der Waals surface area contributed by atoms with Crippen molar-refractivity contribution in [3.63, 3.8) is 0 Å². The summed E-state index contributed by atoms with van der Waals surface area (Å²) in [5, 5.41) is 11.5. The largest absolute Gasteiger partial charge is 0.505 e. The van der Waals surface area contributed by atoms with Gasteiger partial charge in [-0.2, -0.15) is 0 Å². The molecule has 0 radical (unpaired) electrons. The molecule has 36 heavy (non-hydrogen) atoms. The Balaban J connectivity index is 1.56. The molecule has 0 bridgehead atoms. The number of pyridine rings is 1. The highest BCUT2D eigenvalue weighted by molar-refractivity contribution is 6.46. The molecule has 4 heterocycles. The lowest BCUT2D eigenvalue weighted by atomic mass is 9.96. The fourth-order valence-corrected chi connectivity index (χ4v) is 5.08. The molecule has 2 fully saturated rings. The molecule has 2 aliphatic rings. The van der Waals surface area contributed by atoms with Crippen LogP contribution in [0.25, 0.3) is 11.4 Å². The molecular formula is C27H30N4O5. The van der Waals surface area contributed by atoms with Gasteiger partial charge in [0.05, 0.1) is 37.6 Å². The lowest BCUT2D eigenvalue weighted by Gasteiger charge is -2.29. The highest BCUT2D eigenvalue weighted by Gasteiger charge is 2.46. The van der Waals surface area contributed by atoms with Gasteiger partial charge < -0.3 is 19.5 Å². The van der Waals surface area contributed by atoms with Gasteiger partial charge in [-0.05, 0) is 43.2 Å². The summed E-state index contributed by atoms with van der Waals surface area (Å²) in [6, 6.07) is 12.1. The molecule has 1 atom stereocenters. The van der Waals surface area contributed by atoms with Crippen LogP contribution in [0.3, 0.4) is 0 Å². The quantitative estimate of drug-likeness (QED) is 0.309. The minimum absolute atomic E-state index is 0.0633. The number of aliphatic hydroxyl groups excluding tert-OH is 1. The Morgan fingerprint density at radius 2 is 1.94 bits per heavy atom. The molecule has 9 nitrogen and oxygen atoms in total. The normalized spacial score (nSPS) is 20.4. The zero-order valence-electron chi connectivity index (χ0n) is 20.5. The van der Waals surface area contributed by atoms with Crippen molar-refractivity contribution in [2.24, 2.45) is 0 Å². The van der Waals surface area contributed by atoms with E-state index in [0.717, 1.165) is 19.6 Å². The van der Waals surface area contributed by atoms with Gasteiger partial charge in [-0.1, -0.05) is 18.2 Å². The van der Waals surface area contributed by atoms with Gasteiger partial charge in [-0.25, -0.2) is 4.98 Å². The van der Waals surface area contributed by atoms with E-state index in [4.69, 9.17) is 9.47 Å². The van der Waals surface area contributed by atoms with Crippen LogP contribution in [-0.2, 0) is 14.3 Å². The highest BCUT2D eigenvalue weighted by atomic mass is 16.5. The van der Waals surface area contributed by atoms with Crippen LogP contribution in [0.2, 0.25) is 0 Å². The Morgan fingerprint density at radius 1 is 1.14 bits per heavy atom. The number of methoxy groups -OCH3 is 1. The summed E-state index contributed by atoms with van der Waals surface area (Å²) in [5.74, 6) is -0.930. The first-order valence-corrected chi connectivity index (χ1v) is 12.2. The Bertz CT molecular complexity index is 1320. The Hall–Kier alpha value is -3.69. The van der Waals surface area contributed by atoms with Crippen LogP contribution in [0.5, 0.6) is 5.75 Å². The lowest BCUT2D eigenvalue weighted by molar-refractivity contribution is -0.140. The number of aromatic nitrogens is 2. The third-order valence-electron chi connectivity index (χ3n) is 6.86. The molecule has 0 unspecified atom stereocenters. The minimum Gasteiger partial charge on any atom is -0.505 e. The zero-order chi connectivity index (χ0) is 25.2. The van der Waals surface area contributed by atoms with Gasteiger partial charge in [0.2, 0.25) is 0 Å². The fraction of sp³-hybridized carbons (Fsp3) is 0.370. The summed E-state index contributed by atoms with van der Waals surface area (Å²) in [6.45, 7) is 6.06. The second kappa shape index (κ2) is 10.1. The summed E-state index contributed by atoms with van der Waals surface area (Å²) in [7, 11) is 1.57. The van der Waals surface area contributed by atoms with Crippen LogP contribution < -0.4 is 4.74 Å². The number of rotatable bonds is 7. The van der Waals surface area contributed by atoms with Crippen LogP contribution in [0.4, 0.5) is 0 Å². The van der Waals surface area contributed by atoms with Crippen molar-refractivity contribution in [3.05, 3.63) is 71.2 Å². The molecule has 0 saturated carbocycles. The van der Waals surface area contributed by atoms with Gasteiger partial charge in [0.25, 0.3) is 11.7 Å². The van der Waals surface area contributed by atoms with Crippen LogP contribution in [0.15, 0.2) is 54.2 Å². The number of carbonyl (C=O) groups excluding carboxylic acids is 2. The van der Waals surface area contributed by atoms with Gasteiger partial charge in [0, 0.05) is 32.4 Å². The average molecular weight is 491 g/mol. The van der Waals surface area contributed by atoms with E-state index in [1.807, 2.05) is 36.4 Å². The summed E-state index contributed by atoms with van der Waals surface area (Å²) in [5.41, 5.74) is 2.39. The zero-order valence-corrected chi connectivity index (χ0v) is 20.5. The standard InChI is InChI=1S/C27H30N4O5/c1-18-23(30-11-4-3-9-21(30)28-18)25(32)22-24(19-7-5-8-20(17-19)35-2)31(27(34)26(22)33)12-6-10-29-13-15-36-16-14-29/h3-5,7-9,11,17,24,32H,6,10,12-16H2,1-2H3/t24-/m1/s1. The van der Waals surface area contributed by atoms with Crippen molar-refractivity contribution in [2.75, 3.05) is 46.5 Å². The maximum Gasteiger partial charge on any atom is 0.295 e. The second-order valence-electron chi connectivity index (χ2n) is 9.05. The number of carbonyl (C=O) groups is 2. The third-order valence-corrected chi connectivity index (χ3v) is 6.86. The Morgan fingerprint density at radius 3 is 2.72 bits per heavy atom. The van der Waals surface area contributed by atoms with Crippen molar-refractivity contribution in [3.8, 4) is 5.75 Å². The van der Waals surface area contributed by atoms with Crippen LogP contribution in [-0.4, -0.2) is 82.5 Å². The van der Waals surface area contributed by atoms with E-state index in [2.05, 4.69) is 9.88 Å². The monoisotopic (exact) mass is 490 g/mol. The summed E-state index contributed by atoms with van der Waals surface area (Å²) in [6.07, 6.45) is 2.48. The summed E-state index contributed by atoms with van der Waals surface area (Å²) < 4.78 is 12.6. The number of aryl methyl sites for hydroxylation is 1. The molecule has 1 aromatic carbocycles. The minimum atomic E-state index is -0.738. The number of nitrogens with zero attached hydrogens (tertiary/aromatic N) is 4. The number of hydrogen-bond donors (Lipinski definition) is 1. The van der Waals surface area contributed by atoms with E-state index in [0.29, 0.717) is 54.5 Å². The maximum absolute atomic E-state index is 13.4. The molecule has 2 aromatic heterocycles. The highest BCUT2D eigenvalue weighted by Crippen LogP contribution is 2.40. The number of benzene rings is 1. The molecule has 0 spiro atoms. The SMILES string of the molecule is COc1cccc([C@@H]2C(=C(O)c3c(C)nc4ccccn34)C(=O)C(=O)N2CCCN2CCOCC2)c1. The molecule has 2 aliphatic heterocycles. The number of ketones is 1. The third kappa shape index (κ3) is 4.36. The molecule has 188 valence electrons. The molecular weight excluding hydrogens is 460 g/mol. The molecule has 1 N–H and O–H groups in total. The van der Waals surface area contributed by atoms with E-state index < -0.39 is 17.7 Å². The van der Waals surface area contributed by atoms with Crippen molar-refractivity contribution in [2.45, 2.75) is 19.4 Å². The number of ether oxygens (including phenoxy) is 2. The number of Topliss-reactive ketones (excluding diaryl/α,β-unsaturated/α-hetero) is 1. The summed E-state index contributed by atoms with van der Waals surface area (Å²) >= 11 is 0. The van der Waals surface area contributed by atoms with Crippen LogP contribution in [0.1, 0.15) is 29.4 Å². The van der Waals surface area contributed by atoms with Crippen molar-refractivity contribution < 1.29 is 24.2 Å². The van der Waals surface area contributed by atoms with Crippen LogP contribution in [0, 0.1) is 6.92 Å². The van der Waals surface area contributed by atoms with E-state index in [1.165, 1.54) is 0 Å². The van der Waals surface area contributed by atoms with Gasteiger partial charge in [-0.15, -0.1) is 0 Å². The number of likely N-dealkylation sites (tertiary alicyclic amines) is 1. The molecule has 1 amide bonds. The van der Waals surface area contributed by atoms with Crippen molar-refractivity contribution in [1.82, 2.24) is 19.2 Å². The van der Waals surface area contributed by atoms with E-state index in [-0.39, 0.29) is 11.3 Å². The van der Waals surface area contributed by atoms with Crippen LogP contribution >= 0.6 is 0 Å². The number of aliphatic hydroxyl groups is 1. The first-order chi connectivity index (χ1) is 17.5. The molecule has 5 rings (SSSR count). The summed E-state index contributed by atoms with van der Waals surface area (Å²) in [4.78, 5) is 35.1. The number of hydrogen-bond acceptors (Lipinski definition) is 7. The average Bonchev–Trinajstić information content (AvgIpc) is 3.37. The van der Waals surface area contributed by atoms with Crippen molar-refractivity contribution >= 4 is 23.1 Å². The Labute approximate surface area is 209 Å². The second-order valence-corrected chi connectivity index (χ2v) is 9.05. The maximum atomic E-state index is 13.4.